The Hall–Kier alpha value is -2.37. The summed E-state index contributed by atoms with van der Waals surface area (Å²) in [4.78, 5) is 18.1. The molecule has 0 aliphatic heterocycles. The number of nitrogens with zero attached hydrogens (tertiary/aromatic N) is 3. The predicted molar refractivity (Wildman–Crippen MR) is 79.1 cm³/mol. The summed E-state index contributed by atoms with van der Waals surface area (Å²) in [5, 5.41) is 9.25. The van der Waals surface area contributed by atoms with Gasteiger partial charge in [0.1, 0.15) is 5.82 Å². The van der Waals surface area contributed by atoms with Gasteiger partial charge in [0.2, 0.25) is 5.82 Å². The minimum absolute atomic E-state index is 0.148. The van der Waals surface area contributed by atoms with E-state index in [2.05, 4.69) is 39.2 Å². The van der Waals surface area contributed by atoms with Crippen molar-refractivity contribution in [2.24, 2.45) is 0 Å². The number of hydrogen-bond donors (Lipinski definition) is 2. The molecule has 0 spiro atoms. The Morgan fingerprint density at radius 3 is 2.40 bits per heavy atom. The maximum Gasteiger partial charge on any atom is 0.295 e. The first-order valence-corrected chi connectivity index (χ1v) is 6.69. The highest BCUT2D eigenvalue weighted by Gasteiger charge is 2.11. The Bertz CT molecular complexity index is 572. The zero-order chi connectivity index (χ0) is 14.5. The average Bonchev–Trinajstić information content (AvgIpc) is 2.89. The molecule has 0 saturated carbocycles. The van der Waals surface area contributed by atoms with E-state index in [-0.39, 0.29) is 11.7 Å². The van der Waals surface area contributed by atoms with Crippen molar-refractivity contribution < 1.29 is 4.79 Å². The molecule has 20 heavy (non-hydrogen) atoms. The van der Waals surface area contributed by atoms with E-state index in [1.807, 2.05) is 24.3 Å². The molecule has 106 valence electrons. The Morgan fingerprint density at radius 2 is 1.90 bits per heavy atom. The topological polar surface area (TPSA) is 73.9 Å². The number of aryl methyl sites for hydroxylation is 1. The third kappa shape index (κ3) is 3.14. The molecule has 2 N–H and O–H groups in total. The maximum atomic E-state index is 11.9. The van der Waals surface area contributed by atoms with Crippen LogP contribution in [0.25, 0.3) is 0 Å². The van der Waals surface area contributed by atoms with Crippen molar-refractivity contribution in [2.45, 2.75) is 20.8 Å². The molecule has 6 nitrogen and oxygen atoms in total. The number of rotatable bonds is 5. The first-order valence-electron chi connectivity index (χ1n) is 6.69. The smallest absolute Gasteiger partial charge is 0.295 e. The standard InChI is InChI=1S/C14H19N5O/c1-4-19(5-2)12-8-6-11(7-9-12)16-14(20)13-15-10(3)17-18-13/h6-9H,4-5H2,1-3H3,(H,16,20)(H,15,17,18). The molecule has 0 bridgehead atoms. The van der Waals surface area contributed by atoms with Crippen LogP contribution < -0.4 is 10.2 Å². The summed E-state index contributed by atoms with van der Waals surface area (Å²) in [5.41, 5.74) is 1.87. The molecule has 0 unspecified atom stereocenters. The van der Waals surface area contributed by atoms with Crippen LogP contribution in [0.5, 0.6) is 0 Å². The zero-order valence-electron chi connectivity index (χ0n) is 12.0. The second-order valence-corrected chi connectivity index (χ2v) is 4.42. The molecule has 0 saturated heterocycles. The predicted octanol–water partition coefficient (Wildman–Crippen LogP) is 2.21. The molecule has 0 radical (unpaired) electrons. The van der Waals surface area contributed by atoms with E-state index in [1.165, 1.54) is 0 Å². The lowest BCUT2D eigenvalue weighted by Gasteiger charge is -2.21. The van der Waals surface area contributed by atoms with Crippen molar-refractivity contribution in [3.63, 3.8) is 0 Å². The molecule has 1 heterocycles. The fraction of sp³-hybridized carbons (Fsp3) is 0.357. The van der Waals surface area contributed by atoms with E-state index in [1.54, 1.807) is 6.92 Å². The maximum absolute atomic E-state index is 11.9. The fourth-order valence-corrected chi connectivity index (χ4v) is 1.98. The van der Waals surface area contributed by atoms with Crippen LogP contribution in [-0.2, 0) is 0 Å². The third-order valence-electron chi connectivity index (χ3n) is 3.05. The lowest BCUT2D eigenvalue weighted by Crippen LogP contribution is -2.21. The van der Waals surface area contributed by atoms with Gasteiger partial charge in [-0.3, -0.25) is 9.89 Å². The largest absolute Gasteiger partial charge is 0.372 e. The second kappa shape index (κ2) is 6.18. The van der Waals surface area contributed by atoms with Crippen molar-refractivity contribution >= 4 is 17.3 Å². The van der Waals surface area contributed by atoms with Gasteiger partial charge in [0.15, 0.2) is 0 Å². The molecule has 0 aliphatic carbocycles. The highest BCUT2D eigenvalue weighted by molar-refractivity contribution is 6.01. The van der Waals surface area contributed by atoms with E-state index in [0.29, 0.717) is 5.82 Å². The number of amides is 1. The van der Waals surface area contributed by atoms with Crippen molar-refractivity contribution in [1.82, 2.24) is 15.2 Å². The van der Waals surface area contributed by atoms with Crippen LogP contribution >= 0.6 is 0 Å². The van der Waals surface area contributed by atoms with Crippen LogP contribution in [0.15, 0.2) is 24.3 Å². The Morgan fingerprint density at radius 1 is 1.25 bits per heavy atom. The molecule has 6 heteroatoms. The van der Waals surface area contributed by atoms with Gasteiger partial charge >= 0.3 is 0 Å². The first kappa shape index (κ1) is 14.0. The summed E-state index contributed by atoms with van der Waals surface area (Å²) in [5.74, 6) is 0.451. The lowest BCUT2D eigenvalue weighted by atomic mass is 10.2. The summed E-state index contributed by atoms with van der Waals surface area (Å²) in [7, 11) is 0. The summed E-state index contributed by atoms with van der Waals surface area (Å²) in [6, 6.07) is 7.74. The lowest BCUT2D eigenvalue weighted by molar-refractivity contribution is 0.101. The summed E-state index contributed by atoms with van der Waals surface area (Å²) >= 11 is 0. The number of aromatic nitrogens is 3. The number of carbonyl (C=O) groups excluding carboxylic acids is 1. The number of benzene rings is 1. The molecule has 0 fully saturated rings. The molecule has 0 atom stereocenters. The van der Waals surface area contributed by atoms with Gasteiger partial charge in [0, 0.05) is 24.5 Å². The molecule has 2 rings (SSSR count). The molecule has 1 aromatic heterocycles. The van der Waals surface area contributed by atoms with Crippen LogP contribution in [0.4, 0.5) is 11.4 Å². The molecule has 1 amide bonds. The Balaban J connectivity index is 2.05. The number of nitrogens with one attached hydrogen (secondary N) is 2. The first-order chi connectivity index (χ1) is 9.63. The number of H-pyrrole nitrogens is 1. The summed E-state index contributed by atoms with van der Waals surface area (Å²) in [6.07, 6.45) is 0. The van der Waals surface area contributed by atoms with Crippen molar-refractivity contribution in [1.29, 1.82) is 0 Å². The van der Waals surface area contributed by atoms with Crippen LogP contribution in [0.3, 0.4) is 0 Å². The van der Waals surface area contributed by atoms with Crippen molar-refractivity contribution in [3.05, 3.63) is 35.9 Å². The molecular weight excluding hydrogens is 254 g/mol. The normalized spacial score (nSPS) is 10.3. The monoisotopic (exact) mass is 273 g/mol. The minimum atomic E-state index is -0.315. The van der Waals surface area contributed by atoms with Gasteiger partial charge in [-0.25, -0.2) is 4.98 Å². The second-order valence-electron chi connectivity index (χ2n) is 4.42. The van der Waals surface area contributed by atoms with Gasteiger partial charge in [0.05, 0.1) is 0 Å². The highest BCUT2D eigenvalue weighted by atomic mass is 16.2. The number of anilines is 2. The van der Waals surface area contributed by atoms with Gasteiger partial charge in [-0.1, -0.05) is 0 Å². The molecular formula is C14H19N5O. The summed E-state index contributed by atoms with van der Waals surface area (Å²) < 4.78 is 0. The zero-order valence-corrected chi connectivity index (χ0v) is 12.0. The quantitative estimate of drug-likeness (QED) is 0.876. The Labute approximate surface area is 118 Å². The minimum Gasteiger partial charge on any atom is -0.372 e. The van der Waals surface area contributed by atoms with Gasteiger partial charge in [-0.15, -0.1) is 5.10 Å². The fourth-order valence-electron chi connectivity index (χ4n) is 1.98. The van der Waals surface area contributed by atoms with Gasteiger partial charge < -0.3 is 10.2 Å². The molecule has 0 aliphatic rings. The van der Waals surface area contributed by atoms with Gasteiger partial charge in [-0.2, -0.15) is 0 Å². The Kier molecular flexibility index (Phi) is 4.34. The van der Waals surface area contributed by atoms with E-state index in [9.17, 15) is 4.79 Å². The average molecular weight is 273 g/mol. The van der Waals surface area contributed by atoms with Crippen LogP contribution in [0, 0.1) is 6.92 Å². The third-order valence-corrected chi connectivity index (χ3v) is 3.05. The van der Waals surface area contributed by atoms with Gasteiger partial charge in [-0.05, 0) is 45.0 Å². The van der Waals surface area contributed by atoms with Crippen LogP contribution in [0.2, 0.25) is 0 Å². The highest BCUT2D eigenvalue weighted by Crippen LogP contribution is 2.17. The number of carbonyl (C=O) groups is 1. The molecule has 2 aromatic rings. The summed E-state index contributed by atoms with van der Waals surface area (Å²) in [6.45, 7) is 7.90. The van der Waals surface area contributed by atoms with E-state index in [4.69, 9.17) is 0 Å². The number of hydrogen-bond acceptors (Lipinski definition) is 4. The molecule has 1 aromatic carbocycles. The van der Waals surface area contributed by atoms with E-state index >= 15 is 0 Å². The van der Waals surface area contributed by atoms with Crippen LogP contribution in [-0.4, -0.2) is 34.2 Å². The van der Waals surface area contributed by atoms with Crippen LogP contribution in [0.1, 0.15) is 30.3 Å². The SMILES string of the molecule is CCN(CC)c1ccc(NC(=O)c2n[nH]c(C)n2)cc1. The number of aromatic amines is 1. The van der Waals surface area contributed by atoms with Crippen molar-refractivity contribution in [3.8, 4) is 0 Å². The van der Waals surface area contributed by atoms with Crippen molar-refractivity contribution in [2.75, 3.05) is 23.3 Å². The van der Waals surface area contributed by atoms with E-state index < -0.39 is 0 Å². The van der Waals surface area contributed by atoms with E-state index in [0.717, 1.165) is 24.5 Å². The van der Waals surface area contributed by atoms with Gasteiger partial charge in [0.25, 0.3) is 5.91 Å².